The van der Waals surface area contributed by atoms with Crippen LogP contribution in [-0.2, 0) is 0 Å². The van der Waals surface area contributed by atoms with Crippen LogP contribution in [0.1, 0.15) is 42.4 Å². The van der Waals surface area contributed by atoms with Gasteiger partial charge in [0.2, 0.25) is 0 Å². The van der Waals surface area contributed by atoms with Crippen LogP contribution in [0.4, 0.5) is 0 Å². The standard InChI is InChI=1S/C20H24BrNO/c21-18-11-9-17(10-12-18)20(23)19(16-7-3-1-4-8-16)15-22-13-5-2-6-14-22/h1,3-4,7-12,19-20,23H,2,5-6,13-15H2/t19-,20+/m1/s1. The lowest BCUT2D eigenvalue weighted by Crippen LogP contribution is -2.35. The first-order chi connectivity index (χ1) is 11.2. The number of nitrogens with zero attached hydrogens (tertiary/aromatic N) is 1. The van der Waals surface area contributed by atoms with Crippen molar-refractivity contribution in [3.8, 4) is 0 Å². The second-order valence-electron chi connectivity index (χ2n) is 6.37. The van der Waals surface area contributed by atoms with Crippen molar-refractivity contribution >= 4 is 15.9 Å². The second-order valence-corrected chi connectivity index (χ2v) is 7.29. The predicted octanol–water partition coefficient (Wildman–Crippen LogP) is 4.75. The highest BCUT2D eigenvalue weighted by molar-refractivity contribution is 9.10. The highest BCUT2D eigenvalue weighted by Gasteiger charge is 2.25. The topological polar surface area (TPSA) is 23.5 Å². The molecule has 0 amide bonds. The number of aliphatic hydroxyl groups is 1. The molecule has 1 heterocycles. The molecule has 0 aromatic heterocycles. The van der Waals surface area contributed by atoms with Gasteiger partial charge >= 0.3 is 0 Å². The van der Waals surface area contributed by atoms with E-state index >= 15 is 0 Å². The van der Waals surface area contributed by atoms with Gasteiger partial charge in [0.1, 0.15) is 0 Å². The summed E-state index contributed by atoms with van der Waals surface area (Å²) in [6, 6.07) is 18.5. The molecule has 0 radical (unpaired) electrons. The molecule has 1 saturated heterocycles. The highest BCUT2D eigenvalue weighted by atomic mass is 79.9. The Morgan fingerprint density at radius 3 is 2.17 bits per heavy atom. The van der Waals surface area contributed by atoms with Gasteiger partial charge in [-0.3, -0.25) is 0 Å². The van der Waals surface area contributed by atoms with Crippen LogP contribution < -0.4 is 0 Å². The van der Waals surface area contributed by atoms with Crippen molar-refractivity contribution in [2.75, 3.05) is 19.6 Å². The Bertz CT molecular complexity index is 593. The first-order valence-corrected chi connectivity index (χ1v) is 9.24. The van der Waals surface area contributed by atoms with Crippen LogP contribution in [-0.4, -0.2) is 29.6 Å². The smallest absolute Gasteiger partial charge is 0.0870 e. The van der Waals surface area contributed by atoms with Crippen molar-refractivity contribution < 1.29 is 5.11 Å². The maximum Gasteiger partial charge on any atom is 0.0870 e. The van der Waals surface area contributed by atoms with E-state index in [1.807, 2.05) is 30.3 Å². The lowest BCUT2D eigenvalue weighted by molar-refractivity contribution is 0.109. The summed E-state index contributed by atoms with van der Waals surface area (Å²) < 4.78 is 1.04. The van der Waals surface area contributed by atoms with E-state index in [9.17, 15) is 5.11 Å². The molecule has 0 unspecified atom stereocenters. The third-order valence-electron chi connectivity index (χ3n) is 4.72. The fourth-order valence-corrected chi connectivity index (χ4v) is 3.66. The second kappa shape index (κ2) is 8.09. The van der Waals surface area contributed by atoms with E-state index < -0.39 is 6.10 Å². The van der Waals surface area contributed by atoms with Crippen LogP contribution in [0.2, 0.25) is 0 Å². The van der Waals surface area contributed by atoms with Gasteiger partial charge in [-0.2, -0.15) is 0 Å². The molecule has 0 saturated carbocycles. The Hall–Kier alpha value is -1.16. The molecule has 0 bridgehead atoms. The van der Waals surface area contributed by atoms with Gasteiger partial charge in [-0.1, -0.05) is 64.8 Å². The number of halogens is 1. The fourth-order valence-electron chi connectivity index (χ4n) is 3.40. The third-order valence-corrected chi connectivity index (χ3v) is 5.25. The fraction of sp³-hybridized carbons (Fsp3) is 0.400. The quantitative estimate of drug-likeness (QED) is 0.816. The van der Waals surface area contributed by atoms with Gasteiger partial charge in [0.05, 0.1) is 6.10 Å². The summed E-state index contributed by atoms with van der Waals surface area (Å²) in [6.45, 7) is 3.22. The van der Waals surface area contributed by atoms with Gasteiger partial charge < -0.3 is 10.0 Å². The number of rotatable bonds is 5. The van der Waals surface area contributed by atoms with Gasteiger partial charge in [-0.15, -0.1) is 0 Å². The first kappa shape index (κ1) is 16.7. The summed E-state index contributed by atoms with van der Waals surface area (Å²) in [5.41, 5.74) is 2.20. The molecular formula is C20H24BrNO. The summed E-state index contributed by atoms with van der Waals surface area (Å²) in [7, 11) is 0. The third kappa shape index (κ3) is 4.43. The Balaban J connectivity index is 1.83. The van der Waals surface area contributed by atoms with Gasteiger partial charge in [-0.25, -0.2) is 0 Å². The van der Waals surface area contributed by atoms with E-state index in [1.54, 1.807) is 0 Å². The van der Waals surface area contributed by atoms with Crippen LogP contribution in [0.15, 0.2) is 59.1 Å². The molecule has 122 valence electrons. The molecule has 2 nitrogen and oxygen atoms in total. The molecule has 2 atom stereocenters. The maximum absolute atomic E-state index is 11.0. The molecule has 3 heteroatoms. The molecule has 1 aliphatic rings. The number of aliphatic hydroxyl groups excluding tert-OH is 1. The zero-order valence-corrected chi connectivity index (χ0v) is 15.0. The Morgan fingerprint density at radius 1 is 0.870 bits per heavy atom. The van der Waals surface area contributed by atoms with Crippen LogP contribution in [0.25, 0.3) is 0 Å². The minimum atomic E-state index is -0.479. The highest BCUT2D eigenvalue weighted by Crippen LogP contribution is 2.33. The molecule has 2 aromatic carbocycles. The van der Waals surface area contributed by atoms with Crippen LogP contribution in [0, 0.1) is 0 Å². The van der Waals surface area contributed by atoms with E-state index in [0.717, 1.165) is 29.7 Å². The van der Waals surface area contributed by atoms with Crippen LogP contribution in [0.5, 0.6) is 0 Å². The molecular weight excluding hydrogens is 350 g/mol. The number of likely N-dealkylation sites (tertiary alicyclic amines) is 1. The van der Waals surface area contributed by atoms with Crippen molar-refractivity contribution in [2.24, 2.45) is 0 Å². The monoisotopic (exact) mass is 373 g/mol. The minimum Gasteiger partial charge on any atom is -0.388 e. The average molecular weight is 374 g/mol. The van der Waals surface area contributed by atoms with Gasteiger partial charge in [-0.05, 0) is 49.2 Å². The molecule has 2 aromatic rings. The van der Waals surface area contributed by atoms with Gasteiger partial charge in [0, 0.05) is 16.9 Å². The lowest BCUT2D eigenvalue weighted by Gasteiger charge is -2.33. The zero-order chi connectivity index (χ0) is 16.1. The lowest BCUT2D eigenvalue weighted by atomic mass is 9.88. The number of hydrogen-bond donors (Lipinski definition) is 1. The summed E-state index contributed by atoms with van der Waals surface area (Å²) in [5.74, 6) is 0.107. The summed E-state index contributed by atoms with van der Waals surface area (Å²) in [6.07, 6.45) is 3.40. The number of hydrogen-bond acceptors (Lipinski definition) is 2. The molecule has 0 aliphatic carbocycles. The summed E-state index contributed by atoms with van der Waals surface area (Å²) in [4.78, 5) is 2.50. The molecule has 3 rings (SSSR count). The zero-order valence-electron chi connectivity index (χ0n) is 13.4. The van der Waals surface area contributed by atoms with Crippen LogP contribution in [0.3, 0.4) is 0 Å². The molecule has 1 aliphatic heterocycles. The molecule has 1 fully saturated rings. The largest absolute Gasteiger partial charge is 0.388 e. The Morgan fingerprint density at radius 2 is 1.52 bits per heavy atom. The molecule has 23 heavy (non-hydrogen) atoms. The van der Waals surface area contributed by atoms with Crippen molar-refractivity contribution in [1.82, 2.24) is 4.90 Å². The SMILES string of the molecule is O[C@@H](c1ccc(Br)cc1)[C@H](CN1CCCCC1)c1ccccc1. The number of benzene rings is 2. The van der Waals surface area contributed by atoms with Gasteiger partial charge in [0.25, 0.3) is 0 Å². The maximum atomic E-state index is 11.0. The average Bonchev–Trinajstić information content (AvgIpc) is 2.61. The van der Waals surface area contributed by atoms with Crippen molar-refractivity contribution in [2.45, 2.75) is 31.3 Å². The van der Waals surface area contributed by atoms with Crippen molar-refractivity contribution in [1.29, 1.82) is 0 Å². The van der Waals surface area contributed by atoms with E-state index in [2.05, 4.69) is 45.1 Å². The minimum absolute atomic E-state index is 0.107. The van der Waals surface area contributed by atoms with Crippen molar-refractivity contribution in [3.05, 3.63) is 70.2 Å². The molecule has 1 N–H and O–H groups in total. The summed E-state index contributed by atoms with van der Waals surface area (Å²) in [5, 5.41) is 11.0. The Kier molecular flexibility index (Phi) is 5.87. The normalized spacial score (nSPS) is 18.5. The number of piperidine rings is 1. The Labute approximate surface area is 147 Å². The van der Waals surface area contributed by atoms with E-state index in [1.165, 1.54) is 24.8 Å². The summed E-state index contributed by atoms with van der Waals surface area (Å²) >= 11 is 3.47. The van der Waals surface area contributed by atoms with E-state index in [-0.39, 0.29) is 5.92 Å². The molecule has 0 spiro atoms. The van der Waals surface area contributed by atoms with Crippen molar-refractivity contribution in [3.63, 3.8) is 0 Å². The predicted molar refractivity (Wildman–Crippen MR) is 98.6 cm³/mol. The van der Waals surface area contributed by atoms with Gasteiger partial charge in [0.15, 0.2) is 0 Å². The van der Waals surface area contributed by atoms with E-state index in [0.29, 0.717) is 0 Å². The van der Waals surface area contributed by atoms with E-state index in [4.69, 9.17) is 0 Å². The first-order valence-electron chi connectivity index (χ1n) is 8.45. The van der Waals surface area contributed by atoms with Crippen LogP contribution >= 0.6 is 15.9 Å².